The molecule has 1 aromatic carbocycles. The number of carbonyl (C=O) groups excluding carboxylic acids is 2. The Labute approximate surface area is 194 Å². The molecule has 1 unspecified atom stereocenters. The summed E-state index contributed by atoms with van der Waals surface area (Å²) >= 11 is 0. The fraction of sp³-hybridized carbons (Fsp3) is 0.400. The molecule has 1 atom stereocenters. The van der Waals surface area contributed by atoms with E-state index in [1.165, 1.54) is 6.08 Å². The van der Waals surface area contributed by atoms with Crippen LogP contribution in [0.1, 0.15) is 30.8 Å². The van der Waals surface area contributed by atoms with Crippen LogP contribution in [-0.2, 0) is 19.1 Å². The predicted octanol–water partition coefficient (Wildman–Crippen LogP) is 3.19. The first kappa shape index (κ1) is 24.1. The van der Waals surface area contributed by atoms with E-state index in [9.17, 15) is 14.9 Å². The van der Waals surface area contributed by atoms with Gasteiger partial charge in [-0.05, 0) is 69.7 Å². The number of aryl methyl sites for hydroxylation is 1. The van der Waals surface area contributed by atoms with E-state index in [2.05, 4.69) is 0 Å². The second kappa shape index (κ2) is 10.8. The summed E-state index contributed by atoms with van der Waals surface area (Å²) in [5.41, 5.74) is 3.33. The van der Waals surface area contributed by atoms with Crippen LogP contribution in [0.3, 0.4) is 0 Å². The highest BCUT2D eigenvalue weighted by atomic mass is 16.5. The van der Waals surface area contributed by atoms with E-state index in [4.69, 9.17) is 14.2 Å². The quantitative estimate of drug-likeness (QED) is 0.365. The number of aromatic nitrogens is 1. The Kier molecular flexibility index (Phi) is 7.91. The number of amides is 1. The molecule has 1 fully saturated rings. The third-order valence-electron chi connectivity index (χ3n) is 5.44. The summed E-state index contributed by atoms with van der Waals surface area (Å²) in [5, 5.41) is 9.52. The van der Waals surface area contributed by atoms with Crippen molar-refractivity contribution in [2.45, 2.75) is 33.8 Å². The van der Waals surface area contributed by atoms with Crippen LogP contribution in [0.25, 0.3) is 11.8 Å². The van der Waals surface area contributed by atoms with E-state index in [-0.39, 0.29) is 17.6 Å². The van der Waals surface area contributed by atoms with Crippen LogP contribution in [-0.4, -0.2) is 60.4 Å². The highest BCUT2D eigenvalue weighted by molar-refractivity contribution is 5.99. The minimum absolute atomic E-state index is 0.0569. The Morgan fingerprint density at radius 1 is 1.27 bits per heavy atom. The van der Waals surface area contributed by atoms with E-state index in [0.717, 1.165) is 28.4 Å². The van der Waals surface area contributed by atoms with Crippen molar-refractivity contribution in [1.82, 2.24) is 9.47 Å². The van der Waals surface area contributed by atoms with Crippen molar-refractivity contribution in [2.24, 2.45) is 0 Å². The lowest BCUT2D eigenvalue weighted by Gasteiger charge is -2.30. The molecule has 1 aromatic heterocycles. The molecule has 0 aliphatic carbocycles. The average Bonchev–Trinajstić information content (AvgIpc) is 3.09. The van der Waals surface area contributed by atoms with Gasteiger partial charge in [0.05, 0.1) is 19.3 Å². The molecule has 1 aliphatic heterocycles. The topological polar surface area (TPSA) is 93.8 Å². The minimum Gasteiger partial charge on any atom is -0.494 e. The number of morpholine rings is 1. The number of ether oxygens (including phenoxy) is 3. The van der Waals surface area contributed by atoms with Gasteiger partial charge in [0.25, 0.3) is 5.91 Å². The van der Waals surface area contributed by atoms with Gasteiger partial charge >= 0.3 is 5.97 Å². The van der Waals surface area contributed by atoms with Gasteiger partial charge < -0.3 is 23.7 Å². The third-order valence-corrected chi connectivity index (χ3v) is 5.44. The number of esters is 1. The number of rotatable bonds is 7. The molecule has 2 aromatic rings. The Hall–Kier alpha value is -3.57. The molecule has 1 saturated heterocycles. The number of nitriles is 1. The van der Waals surface area contributed by atoms with Crippen LogP contribution in [0.2, 0.25) is 0 Å². The standard InChI is InChI=1S/C25H29N3O5/c1-5-31-23-8-6-22(7-9-23)28-17(2)12-20(19(28)4)13-21(14-26)25(30)33-16-24(29)27-10-11-32-18(3)15-27/h6-9,12-13,18H,5,10-11,15-16H2,1-4H3/b21-13+. The molecule has 1 amide bonds. The maximum absolute atomic E-state index is 12.5. The van der Waals surface area contributed by atoms with Crippen molar-refractivity contribution in [3.05, 3.63) is 52.9 Å². The van der Waals surface area contributed by atoms with Crippen molar-refractivity contribution in [3.63, 3.8) is 0 Å². The highest BCUT2D eigenvalue weighted by Gasteiger charge is 2.23. The van der Waals surface area contributed by atoms with Crippen molar-refractivity contribution in [2.75, 3.05) is 32.9 Å². The molecule has 8 nitrogen and oxygen atoms in total. The first-order valence-corrected chi connectivity index (χ1v) is 10.9. The molecular formula is C25H29N3O5. The van der Waals surface area contributed by atoms with Crippen molar-refractivity contribution < 1.29 is 23.8 Å². The second-order valence-corrected chi connectivity index (χ2v) is 7.86. The van der Waals surface area contributed by atoms with Crippen molar-refractivity contribution in [1.29, 1.82) is 5.26 Å². The monoisotopic (exact) mass is 451 g/mol. The molecule has 0 radical (unpaired) electrons. The first-order chi connectivity index (χ1) is 15.8. The van der Waals surface area contributed by atoms with Crippen LogP contribution in [0.15, 0.2) is 35.9 Å². The molecule has 33 heavy (non-hydrogen) atoms. The zero-order chi connectivity index (χ0) is 24.0. The first-order valence-electron chi connectivity index (χ1n) is 10.9. The van der Waals surface area contributed by atoms with Gasteiger partial charge in [-0.2, -0.15) is 5.26 Å². The predicted molar refractivity (Wildman–Crippen MR) is 123 cm³/mol. The highest BCUT2D eigenvalue weighted by Crippen LogP contribution is 2.24. The van der Waals surface area contributed by atoms with Crippen LogP contribution in [0.5, 0.6) is 5.75 Å². The number of hydrogen-bond acceptors (Lipinski definition) is 6. The lowest BCUT2D eigenvalue weighted by Crippen LogP contribution is -2.46. The van der Waals surface area contributed by atoms with Crippen LogP contribution < -0.4 is 4.74 Å². The summed E-state index contributed by atoms with van der Waals surface area (Å²) < 4.78 is 18.1. The normalized spacial score (nSPS) is 16.3. The van der Waals surface area contributed by atoms with E-state index >= 15 is 0 Å². The molecule has 3 rings (SSSR count). The molecule has 1 aliphatic rings. The number of benzene rings is 1. The fourth-order valence-corrected chi connectivity index (χ4v) is 3.82. The van der Waals surface area contributed by atoms with Gasteiger partial charge in [-0.15, -0.1) is 0 Å². The Morgan fingerprint density at radius 3 is 2.64 bits per heavy atom. The molecule has 8 heteroatoms. The summed E-state index contributed by atoms with van der Waals surface area (Å²) in [6.07, 6.45) is 1.44. The minimum atomic E-state index is -0.821. The van der Waals surface area contributed by atoms with Gasteiger partial charge in [0, 0.05) is 30.2 Å². The lowest BCUT2D eigenvalue weighted by molar-refractivity contribution is -0.152. The summed E-state index contributed by atoms with van der Waals surface area (Å²) in [7, 11) is 0. The summed E-state index contributed by atoms with van der Waals surface area (Å²) in [6.45, 7) is 9.24. The van der Waals surface area contributed by atoms with Gasteiger partial charge in [0.1, 0.15) is 17.4 Å². The number of hydrogen-bond donors (Lipinski definition) is 0. The molecule has 0 N–H and O–H groups in total. The summed E-state index contributed by atoms with van der Waals surface area (Å²) in [5.74, 6) is -0.332. The molecule has 2 heterocycles. The number of carbonyl (C=O) groups is 2. The van der Waals surface area contributed by atoms with Gasteiger partial charge in [-0.1, -0.05) is 0 Å². The smallest absolute Gasteiger partial charge is 0.349 e. The van der Waals surface area contributed by atoms with Crippen LogP contribution >= 0.6 is 0 Å². The Morgan fingerprint density at radius 2 is 2.00 bits per heavy atom. The molecular weight excluding hydrogens is 422 g/mol. The molecule has 0 saturated carbocycles. The maximum atomic E-state index is 12.5. The van der Waals surface area contributed by atoms with E-state index in [0.29, 0.717) is 26.3 Å². The van der Waals surface area contributed by atoms with Crippen LogP contribution in [0.4, 0.5) is 0 Å². The van der Waals surface area contributed by atoms with Gasteiger partial charge in [0.15, 0.2) is 6.61 Å². The average molecular weight is 452 g/mol. The summed E-state index contributed by atoms with van der Waals surface area (Å²) in [4.78, 5) is 26.4. The summed E-state index contributed by atoms with van der Waals surface area (Å²) in [6, 6.07) is 11.5. The van der Waals surface area contributed by atoms with Gasteiger partial charge in [0.2, 0.25) is 0 Å². The van der Waals surface area contributed by atoms with E-state index < -0.39 is 12.6 Å². The van der Waals surface area contributed by atoms with Crippen molar-refractivity contribution in [3.8, 4) is 17.5 Å². The molecule has 0 bridgehead atoms. The molecule has 0 spiro atoms. The Bertz CT molecular complexity index is 1080. The van der Waals surface area contributed by atoms with Crippen LogP contribution in [0, 0.1) is 25.2 Å². The zero-order valence-corrected chi connectivity index (χ0v) is 19.5. The zero-order valence-electron chi connectivity index (χ0n) is 19.5. The fourth-order valence-electron chi connectivity index (χ4n) is 3.82. The second-order valence-electron chi connectivity index (χ2n) is 7.86. The lowest BCUT2D eigenvalue weighted by atomic mass is 10.1. The SMILES string of the molecule is CCOc1ccc(-n2c(C)cc(/C=C(\C#N)C(=O)OCC(=O)N3CCOC(C)C3)c2C)cc1. The molecule has 174 valence electrons. The maximum Gasteiger partial charge on any atom is 0.349 e. The Balaban J connectivity index is 1.73. The van der Waals surface area contributed by atoms with Gasteiger partial charge in [-0.3, -0.25) is 4.79 Å². The largest absolute Gasteiger partial charge is 0.494 e. The van der Waals surface area contributed by atoms with Gasteiger partial charge in [-0.25, -0.2) is 4.79 Å². The third kappa shape index (κ3) is 5.82. The van der Waals surface area contributed by atoms with E-state index in [1.54, 1.807) is 4.90 Å². The van der Waals surface area contributed by atoms with E-state index in [1.807, 2.05) is 68.7 Å². The van der Waals surface area contributed by atoms with Crippen molar-refractivity contribution >= 4 is 18.0 Å². The number of nitrogens with zero attached hydrogens (tertiary/aromatic N) is 3.